The van der Waals surface area contributed by atoms with Crippen molar-refractivity contribution < 1.29 is 0 Å². The van der Waals surface area contributed by atoms with E-state index in [0.29, 0.717) is 11.8 Å². The van der Waals surface area contributed by atoms with Gasteiger partial charge in [0.05, 0.1) is 5.84 Å². The summed E-state index contributed by atoms with van der Waals surface area (Å²) in [5, 5.41) is 7.25. The number of amidine groups is 1. The number of hydrogen-bond acceptors (Lipinski definition) is 2. The summed E-state index contributed by atoms with van der Waals surface area (Å²) >= 11 is 0. The molecule has 0 bridgehead atoms. The van der Waals surface area contributed by atoms with Crippen LogP contribution in [0.15, 0.2) is 0 Å². The Balaban J connectivity index is 2.19. The minimum absolute atomic E-state index is 0.315. The zero-order chi connectivity index (χ0) is 11.3. The number of rotatable bonds is 8. The van der Waals surface area contributed by atoms with Gasteiger partial charge in [-0.2, -0.15) is 0 Å². The molecule has 3 heteroatoms. The molecule has 1 fully saturated rings. The second-order valence-electron chi connectivity index (χ2n) is 5.20. The second kappa shape index (κ2) is 6.11. The molecule has 88 valence electrons. The minimum atomic E-state index is 0.315. The molecule has 0 atom stereocenters. The van der Waals surface area contributed by atoms with Crippen LogP contribution < -0.4 is 5.73 Å². The van der Waals surface area contributed by atoms with Crippen molar-refractivity contribution in [2.45, 2.75) is 39.5 Å². The van der Waals surface area contributed by atoms with Crippen LogP contribution in [0.5, 0.6) is 0 Å². The van der Waals surface area contributed by atoms with Gasteiger partial charge in [0.1, 0.15) is 0 Å². The lowest BCUT2D eigenvalue weighted by Gasteiger charge is -2.23. The average molecular weight is 211 g/mol. The topological polar surface area (TPSA) is 53.1 Å². The summed E-state index contributed by atoms with van der Waals surface area (Å²) < 4.78 is 0. The predicted molar refractivity (Wildman–Crippen MR) is 65.2 cm³/mol. The third kappa shape index (κ3) is 6.50. The first-order chi connectivity index (χ1) is 7.08. The van der Waals surface area contributed by atoms with E-state index in [0.717, 1.165) is 25.4 Å². The monoisotopic (exact) mass is 211 g/mol. The largest absolute Gasteiger partial charge is 0.388 e. The van der Waals surface area contributed by atoms with Crippen LogP contribution in [0.3, 0.4) is 0 Å². The molecular weight excluding hydrogens is 186 g/mol. The molecule has 0 radical (unpaired) electrons. The van der Waals surface area contributed by atoms with Crippen LogP contribution in [0.25, 0.3) is 0 Å². The van der Waals surface area contributed by atoms with Crippen molar-refractivity contribution in [1.82, 2.24) is 4.90 Å². The van der Waals surface area contributed by atoms with Crippen LogP contribution in [-0.4, -0.2) is 30.4 Å². The second-order valence-corrected chi connectivity index (χ2v) is 5.20. The summed E-state index contributed by atoms with van der Waals surface area (Å²) in [5.74, 6) is 2.02. The summed E-state index contributed by atoms with van der Waals surface area (Å²) in [7, 11) is 0. The lowest BCUT2D eigenvalue weighted by atomic mass is 10.2. The standard InChI is InChI=1S/C12H25N3/c1-10(2)9-15(8-6-12(13)14)7-5-11-3-4-11/h10-11H,3-9H2,1-2H3,(H3,13,14). The highest BCUT2D eigenvalue weighted by Crippen LogP contribution is 2.32. The quantitative estimate of drug-likeness (QED) is 0.477. The molecule has 0 heterocycles. The average Bonchev–Trinajstić information content (AvgIpc) is 2.92. The van der Waals surface area contributed by atoms with E-state index in [1.165, 1.54) is 25.8 Å². The molecule has 1 aliphatic carbocycles. The molecule has 1 rings (SSSR count). The van der Waals surface area contributed by atoms with Gasteiger partial charge in [-0.15, -0.1) is 0 Å². The van der Waals surface area contributed by atoms with Crippen molar-refractivity contribution in [3.8, 4) is 0 Å². The van der Waals surface area contributed by atoms with Crippen molar-refractivity contribution in [2.75, 3.05) is 19.6 Å². The van der Waals surface area contributed by atoms with E-state index in [2.05, 4.69) is 18.7 Å². The van der Waals surface area contributed by atoms with E-state index in [1.807, 2.05) is 0 Å². The van der Waals surface area contributed by atoms with Gasteiger partial charge in [0.25, 0.3) is 0 Å². The molecule has 3 N–H and O–H groups in total. The highest BCUT2D eigenvalue weighted by molar-refractivity contribution is 5.76. The molecular formula is C12H25N3. The summed E-state index contributed by atoms with van der Waals surface area (Å²) in [5.41, 5.74) is 5.40. The molecule has 0 aliphatic heterocycles. The van der Waals surface area contributed by atoms with E-state index in [-0.39, 0.29) is 0 Å². The number of nitrogens with two attached hydrogens (primary N) is 1. The van der Waals surface area contributed by atoms with E-state index in [9.17, 15) is 0 Å². The van der Waals surface area contributed by atoms with E-state index < -0.39 is 0 Å². The smallest absolute Gasteiger partial charge is 0.0918 e. The molecule has 0 unspecified atom stereocenters. The van der Waals surface area contributed by atoms with Gasteiger partial charge in [-0.3, -0.25) is 5.41 Å². The maximum Gasteiger partial charge on any atom is 0.0918 e. The number of hydrogen-bond donors (Lipinski definition) is 2. The number of nitrogens with one attached hydrogen (secondary N) is 1. The Morgan fingerprint density at radius 3 is 2.53 bits per heavy atom. The lowest BCUT2D eigenvalue weighted by molar-refractivity contribution is 0.243. The normalized spacial score (nSPS) is 16.3. The first-order valence-electron chi connectivity index (χ1n) is 6.13. The van der Waals surface area contributed by atoms with Gasteiger partial charge in [0.15, 0.2) is 0 Å². The van der Waals surface area contributed by atoms with E-state index >= 15 is 0 Å². The van der Waals surface area contributed by atoms with Crippen LogP contribution in [0.4, 0.5) is 0 Å². The van der Waals surface area contributed by atoms with Crippen LogP contribution in [0.2, 0.25) is 0 Å². The molecule has 0 aromatic rings. The highest BCUT2D eigenvalue weighted by Gasteiger charge is 2.21. The van der Waals surface area contributed by atoms with Crippen LogP contribution in [-0.2, 0) is 0 Å². The Bertz CT molecular complexity index is 197. The predicted octanol–water partition coefficient (Wildman–Crippen LogP) is 2.07. The van der Waals surface area contributed by atoms with Crippen molar-refractivity contribution in [3.63, 3.8) is 0 Å². The van der Waals surface area contributed by atoms with Gasteiger partial charge in [-0.05, 0) is 24.8 Å². The molecule has 0 spiro atoms. The lowest BCUT2D eigenvalue weighted by Crippen LogP contribution is -2.32. The Morgan fingerprint density at radius 1 is 1.40 bits per heavy atom. The summed E-state index contributed by atoms with van der Waals surface area (Å²) in [6.45, 7) is 7.78. The van der Waals surface area contributed by atoms with Crippen molar-refractivity contribution >= 4 is 5.84 Å². The van der Waals surface area contributed by atoms with E-state index in [1.54, 1.807) is 0 Å². The Morgan fingerprint density at radius 2 is 2.07 bits per heavy atom. The molecule has 0 amide bonds. The Hall–Kier alpha value is -0.570. The van der Waals surface area contributed by atoms with Gasteiger partial charge in [0.2, 0.25) is 0 Å². The summed E-state index contributed by atoms with van der Waals surface area (Å²) in [6, 6.07) is 0. The zero-order valence-corrected chi connectivity index (χ0v) is 10.1. The third-order valence-electron chi connectivity index (χ3n) is 2.87. The van der Waals surface area contributed by atoms with Crippen molar-refractivity contribution in [1.29, 1.82) is 5.41 Å². The fraction of sp³-hybridized carbons (Fsp3) is 0.917. The van der Waals surface area contributed by atoms with Gasteiger partial charge in [-0.1, -0.05) is 26.7 Å². The van der Waals surface area contributed by atoms with Crippen molar-refractivity contribution in [3.05, 3.63) is 0 Å². The van der Waals surface area contributed by atoms with Crippen LogP contribution in [0, 0.1) is 17.2 Å². The molecule has 1 saturated carbocycles. The Kier molecular flexibility index (Phi) is 5.09. The van der Waals surface area contributed by atoms with Gasteiger partial charge in [-0.25, -0.2) is 0 Å². The molecule has 15 heavy (non-hydrogen) atoms. The molecule has 0 aromatic heterocycles. The summed E-state index contributed by atoms with van der Waals surface area (Å²) in [6.07, 6.45) is 4.92. The minimum Gasteiger partial charge on any atom is -0.388 e. The van der Waals surface area contributed by atoms with Gasteiger partial charge < -0.3 is 10.6 Å². The van der Waals surface area contributed by atoms with Gasteiger partial charge in [0, 0.05) is 19.5 Å². The zero-order valence-electron chi connectivity index (χ0n) is 10.1. The SMILES string of the molecule is CC(C)CN(CCC(=N)N)CCC1CC1. The first kappa shape index (κ1) is 12.5. The van der Waals surface area contributed by atoms with Crippen LogP contribution in [0.1, 0.15) is 39.5 Å². The van der Waals surface area contributed by atoms with E-state index in [4.69, 9.17) is 11.1 Å². The van der Waals surface area contributed by atoms with Crippen LogP contribution >= 0.6 is 0 Å². The Labute approximate surface area is 93.5 Å². The molecule has 0 aromatic carbocycles. The fourth-order valence-electron chi connectivity index (χ4n) is 1.86. The third-order valence-corrected chi connectivity index (χ3v) is 2.87. The first-order valence-corrected chi connectivity index (χ1v) is 6.13. The molecule has 1 aliphatic rings. The molecule has 0 saturated heterocycles. The maximum absolute atomic E-state index is 7.25. The summed E-state index contributed by atoms with van der Waals surface area (Å²) in [4.78, 5) is 2.46. The number of nitrogens with zero attached hydrogens (tertiary/aromatic N) is 1. The fourth-order valence-corrected chi connectivity index (χ4v) is 1.86. The van der Waals surface area contributed by atoms with Crippen molar-refractivity contribution in [2.24, 2.45) is 17.6 Å². The maximum atomic E-state index is 7.25. The highest BCUT2D eigenvalue weighted by atomic mass is 15.1. The van der Waals surface area contributed by atoms with Gasteiger partial charge >= 0.3 is 0 Å². The molecule has 3 nitrogen and oxygen atoms in total.